The molecular formula is C14H13FN6. The van der Waals surface area contributed by atoms with Crippen LogP contribution in [0.2, 0.25) is 0 Å². The van der Waals surface area contributed by atoms with Crippen molar-refractivity contribution in [3.63, 3.8) is 0 Å². The van der Waals surface area contributed by atoms with Crippen LogP contribution in [0.4, 0.5) is 4.39 Å². The van der Waals surface area contributed by atoms with E-state index >= 15 is 0 Å². The van der Waals surface area contributed by atoms with Crippen molar-refractivity contribution in [2.45, 2.75) is 13.5 Å². The molecule has 21 heavy (non-hydrogen) atoms. The largest absolute Gasteiger partial charge is 0.339 e. The van der Waals surface area contributed by atoms with E-state index in [0.29, 0.717) is 34.5 Å². The zero-order valence-electron chi connectivity index (χ0n) is 11.3. The van der Waals surface area contributed by atoms with Crippen LogP contribution in [0, 0.1) is 5.82 Å². The topological polar surface area (TPSA) is 92.3 Å². The van der Waals surface area contributed by atoms with Gasteiger partial charge in [0, 0.05) is 11.6 Å². The molecule has 0 atom stereocenters. The van der Waals surface area contributed by atoms with Crippen LogP contribution in [0.3, 0.4) is 0 Å². The molecule has 2 aromatic heterocycles. The molecule has 0 aliphatic carbocycles. The Morgan fingerprint density at radius 3 is 3.14 bits per heavy atom. The number of benzene rings is 1. The monoisotopic (exact) mass is 284 g/mol. The van der Waals surface area contributed by atoms with Crippen LogP contribution < -0.4 is 5.84 Å². The van der Waals surface area contributed by atoms with Gasteiger partial charge in [0.2, 0.25) is 0 Å². The average molecular weight is 284 g/mol. The number of pyridine rings is 1. The van der Waals surface area contributed by atoms with Crippen molar-refractivity contribution in [3.05, 3.63) is 36.0 Å². The number of hydrazone groups is 1. The van der Waals surface area contributed by atoms with Gasteiger partial charge in [0.05, 0.1) is 35.0 Å². The highest BCUT2D eigenvalue weighted by Crippen LogP contribution is 2.22. The lowest BCUT2D eigenvalue weighted by Gasteiger charge is -1.97. The van der Waals surface area contributed by atoms with E-state index in [0.717, 1.165) is 5.52 Å². The maximum atomic E-state index is 13.4. The van der Waals surface area contributed by atoms with E-state index in [9.17, 15) is 4.39 Å². The van der Waals surface area contributed by atoms with Crippen LogP contribution in [0.25, 0.3) is 21.9 Å². The minimum atomic E-state index is -0.311. The molecule has 6 nitrogen and oxygen atoms in total. The number of fused-ring (bicyclic) bond motifs is 3. The smallest absolute Gasteiger partial charge is 0.129 e. The third-order valence-corrected chi connectivity index (χ3v) is 3.05. The predicted molar refractivity (Wildman–Crippen MR) is 80.8 cm³/mol. The lowest BCUT2D eigenvalue weighted by atomic mass is 10.2. The number of aliphatic imine (C=N–C) groups is 1. The van der Waals surface area contributed by atoms with E-state index in [1.165, 1.54) is 12.1 Å². The summed E-state index contributed by atoms with van der Waals surface area (Å²) >= 11 is 0. The Balaban J connectivity index is 2.01. The van der Waals surface area contributed by atoms with Gasteiger partial charge in [0.15, 0.2) is 0 Å². The Morgan fingerprint density at radius 2 is 2.33 bits per heavy atom. The third kappa shape index (κ3) is 2.58. The number of aromatic nitrogens is 3. The Kier molecular flexibility index (Phi) is 3.31. The second-order valence-electron chi connectivity index (χ2n) is 4.61. The molecule has 3 aromatic rings. The highest BCUT2D eigenvalue weighted by Gasteiger charge is 2.08. The summed E-state index contributed by atoms with van der Waals surface area (Å²) in [6, 6.07) is 4.45. The molecule has 0 aliphatic heterocycles. The fraction of sp³-hybridized carbons (Fsp3) is 0.143. The normalized spacial score (nSPS) is 12.8. The summed E-state index contributed by atoms with van der Waals surface area (Å²) in [5, 5.41) is 4.18. The van der Waals surface area contributed by atoms with Crippen molar-refractivity contribution in [1.82, 2.24) is 15.0 Å². The Labute approximate surface area is 119 Å². The Morgan fingerprint density at radius 1 is 1.48 bits per heavy atom. The van der Waals surface area contributed by atoms with Crippen molar-refractivity contribution < 1.29 is 4.39 Å². The molecule has 7 heteroatoms. The van der Waals surface area contributed by atoms with Gasteiger partial charge in [-0.25, -0.2) is 9.37 Å². The van der Waals surface area contributed by atoms with Gasteiger partial charge in [0.1, 0.15) is 11.6 Å². The molecule has 0 unspecified atom stereocenters. The fourth-order valence-electron chi connectivity index (χ4n) is 2.05. The summed E-state index contributed by atoms with van der Waals surface area (Å²) in [7, 11) is 0. The summed E-state index contributed by atoms with van der Waals surface area (Å²) in [6.45, 7) is 2.11. The molecule has 0 fully saturated rings. The van der Waals surface area contributed by atoms with E-state index in [1.807, 2.05) is 0 Å². The number of nitrogens with zero attached hydrogens (tertiary/aromatic N) is 4. The number of nitrogens with one attached hydrogen (secondary N) is 1. The van der Waals surface area contributed by atoms with Crippen molar-refractivity contribution in [2.24, 2.45) is 15.9 Å². The molecule has 0 aliphatic rings. The first-order valence-corrected chi connectivity index (χ1v) is 6.34. The van der Waals surface area contributed by atoms with Gasteiger partial charge in [-0.3, -0.25) is 9.98 Å². The molecule has 0 spiro atoms. The number of halogens is 1. The van der Waals surface area contributed by atoms with Gasteiger partial charge in [0.25, 0.3) is 0 Å². The van der Waals surface area contributed by atoms with Crippen LogP contribution in [0.15, 0.2) is 34.5 Å². The summed E-state index contributed by atoms with van der Waals surface area (Å²) in [5.41, 5.74) is 2.77. The van der Waals surface area contributed by atoms with E-state index in [4.69, 9.17) is 5.84 Å². The molecule has 0 radical (unpaired) electrons. The van der Waals surface area contributed by atoms with Crippen LogP contribution >= 0.6 is 0 Å². The minimum Gasteiger partial charge on any atom is -0.339 e. The first kappa shape index (κ1) is 13.2. The second-order valence-corrected chi connectivity index (χ2v) is 4.61. The number of nitrogens with two attached hydrogens (primary N) is 1. The highest BCUT2D eigenvalue weighted by molar-refractivity contribution is 6.29. The molecule has 0 bridgehead atoms. The van der Waals surface area contributed by atoms with Crippen LogP contribution in [-0.2, 0) is 6.54 Å². The SMILES string of the molecule is CC(C=NCc1nc2c(cnc3ccc(F)cc32)[nH]1)=NN. The van der Waals surface area contributed by atoms with Crippen LogP contribution in [0.5, 0.6) is 0 Å². The standard InChI is InChI=1S/C14H13FN6/c1-8(21-16)5-17-7-13-19-12-6-18-11-3-2-9(15)4-10(11)14(12)20-13/h2-6H,7,16H2,1H3,(H,19,20). The second kappa shape index (κ2) is 5.28. The van der Waals surface area contributed by atoms with E-state index in [-0.39, 0.29) is 5.82 Å². The quantitative estimate of drug-likeness (QED) is 0.438. The number of rotatable bonds is 3. The van der Waals surface area contributed by atoms with Gasteiger partial charge in [-0.2, -0.15) is 5.10 Å². The predicted octanol–water partition coefficient (Wildman–Crippen LogP) is 2.16. The van der Waals surface area contributed by atoms with E-state index in [2.05, 4.69) is 25.0 Å². The molecule has 0 amide bonds. The van der Waals surface area contributed by atoms with Gasteiger partial charge in [-0.05, 0) is 25.1 Å². The number of imidazole rings is 1. The lowest BCUT2D eigenvalue weighted by Crippen LogP contribution is -1.97. The maximum Gasteiger partial charge on any atom is 0.129 e. The van der Waals surface area contributed by atoms with E-state index < -0.39 is 0 Å². The summed E-state index contributed by atoms with van der Waals surface area (Å²) in [6.07, 6.45) is 3.26. The number of H-pyrrole nitrogens is 1. The zero-order chi connectivity index (χ0) is 14.8. The minimum absolute atomic E-state index is 0.311. The van der Waals surface area contributed by atoms with Gasteiger partial charge in [-0.1, -0.05) is 0 Å². The summed E-state index contributed by atoms with van der Waals surface area (Å²) in [5.74, 6) is 5.48. The molecule has 0 saturated heterocycles. The Hall–Kier alpha value is -2.83. The summed E-state index contributed by atoms with van der Waals surface area (Å²) in [4.78, 5) is 16.0. The molecular weight excluding hydrogens is 271 g/mol. The van der Waals surface area contributed by atoms with E-state index in [1.54, 1.807) is 25.4 Å². The third-order valence-electron chi connectivity index (χ3n) is 3.05. The molecule has 3 N–H and O–H groups in total. The number of aromatic amines is 1. The first-order chi connectivity index (χ1) is 10.2. The zero-order valence-corrected chi connectivity index (χ0v) is 11.3. The highest BCUT2D eigenvalue weighted by atomic mass is 19.1. The fourth-order valence-corrected chi connectivity index (χ4v) is 2.05. The molecule has 106 valence electrons. The first-order valence-electron chi connectivity index (χ1n) is 6.34. The molecule has 2 heterocycles. The van der Waals surface area contributed by atoms with Crippen molar-refractivity contribution in [3.8, 4) is 0 Å². The van der Waals surface area contributed by atoms with Crippen molar-refractivity contribution in [2.75, 3.05) is 0 Å². The van der Waals surface area contributed by atoms with Gasteiger partial charge in [-0.15, -0.1) is 0 Å². The van der Waals surface area contributed by atoms with Gasteiger partial charge >= 0.3 is 0 Å². The Bertz CT molecular complexity index is 864. The van der Waals surface area contributed by atoms with Crippen molar-refractivity contribution in [1.29, 1.82) is 0 Å². The van der Waals surface area contributed by atoms with Crippen molar-refractivity contribution >= 4 is 33.9 Å². The molecule has 1 aromatic carbocycles. The average Bonchev–Trinajstić information content (AvgIpc) is 2.90. The molecule has 0 saturated carbocycles. The molecule has 3 rings (SSSR count). The number of hydrogen-bond acceptors (Lipinski definition) is 5. The lowest BCUT2D eigenvalue weighted by molar-refractivity contribution is 0.629. The van der Waals surface area contributed by atoms with Gasteiger partial charge < -0.3 is 10.8 Å². The summed E-state index contributed by atoms with van der Waals surface area (Å²) < 4.78 is 13.4. The maximum absolute atomic E-state index is 13.4. The number of hydrogen-bond donors (Lipinski definition) is 2. The van der Waals surface area contributed by atoms with Crippen LogP contribution in [-0.4, -0.2) is 26.9 Å². The van der Waals surface area contributed by atoms with Crippen LogP contribution in [0.1, 0.15) is 12.7 Å².